The molecule has 134 valence electrons. The van der Waals surface area contributed by atoms with E-state index in [1.807, 2.05) is 0 Å². The molecule has 3 atom stereocenters. The normalized spacial score (nSPS) is 28.4. The van der Waals surface area contributed by atoms with Crippen molar-refractivity contribution in [3.63, 3.8) is 0 Å². The lowest BCUT2D eigenvalue weighted by atomic mass is 9.57. The van der Waals surface area contributed by atoms with E-state index in [-0.39, 0.29) is 5.41 Å². The summed E-state index contributed by atoms with van der Waals surface area (Å²) in [6, 6.07) is 0.437. The minimum atomic E-state index is 0.168. The lowest BCUT2D eigenvalue weighted by Crippen LogP contribution is -2.68. The van der Waals surface area contributed by atoms with E-state index in [1.165, 1.54) is 9.88 Å². The Hall–Kier alpha value is -1.14. The van der Waals surface area contributed by atoms with Gasteiger partial charge in [0, 0.05) is 48.4 Å². The van der Waals surface area contributed by atoms with Crippen molar-refractivity contribution in [3.8, 4) is 0 Å². The van der Waals surface area contributed by atoms with Gasteiger partial charge in [0.1, 0.15) is 0 Å². The monoisotopic (exact) mass is 350 g/mol. The number of thiazole rings is 1. The summed E-state index contributed by atoms with van der Waals surface area (Å²) >= 11 is 1.78. The molecule has 1 aromatic rings. The first-order valence-corrected chi connectivity index (χ1v) is 9.84. The number of ether oxygens (including phenoxy) is 1. The fourth-order valence-corrected chi connectivity index (χ4v) is 4.92. The van der Waals surface area contributed by atoms with Crippen molar-refractivity contribution >= 4 is 17.3 Å². The number of fused-ring (bicyclic) bond motifs is 1. The number of hydrogen-bond acceptors (Lipinski definition) is 4. The largest absolute Gasteiger partial charge is 0.377 e. The van der Waals surface area contributed by atoms with Gasteiger partial charge >= 0.3 is 0 Å². The predicted octanol–water partition coefficient (Wildman–Crippen LogP) is 2.67. The van der Waals surface area contributed by atoms with E-state index in [2.05, 4.69) is 50.2 Å². The van der Waals surface area contributed by atoms with Crippen LogP contribution in [0.3, 0.4) is 0 Å². The Kier molecular flexibility index (Phi) is 5.16. The van der Waals surface area contributed by atoms with Gasteiger partial charge in [-0.15, -0.1) is 11.3 Å². The van der Waals surface area contributed by atoms with Crippen LogP contribution in [0.2, 0.25) is 0 Å². The lowest BCUT2D eigenvalue weighted by molar-refractivity contribution is -0.106. The van der Waals surface area contributed by atoms with E-state index in [0.29, 0.717) is 18.1 Å². The van der Waals surface area contributed by atoms with Gasteiger partial charge in [0.2, 0.25) is 0 Å². The van der Waals surface area contributed by atoms with Gasteiger partial charge in [-0.2, -0.15) is 0 Å². The smallest absolute Gasteiger partial charge is 0.191 e. The number of hydrogen-bond donors (Lipinski definition) is 2. The summed E-state index contributed by atoms with van der Waals surface area (Å²) in [5.41, 5.74) is 1.31. The Bertz CT molecular complexity index is 591. The van der Waals surface area contributed by atoms with Crippen LogP contribution < -0.4 is 10.6 Å². The SMILES string of the molecule is CCNC(=NCCc1nc(C)c(C)s1)NC1C2CCOC2C1(C)C. The van der Waals surface area contributed by atoms with Gasteiger partial charge in [0.05, 0.1) is 16.8 Å². The van der Waals surface area contributed by atoms with E-state index < -0.39 is 0 Å². The van der Waals surface area contributed by atoms with Gasteiger partial charge in [-0.25, -0.2) is 4.98 Å². The van der Waals surface area contributed by atoms with Crippen LogP contribution in [0.5, 0.6) is 0 Å². The molecule has 3 unspecified atom stereocenters. The van der Waals surface area contributed by atoms with E-state index in [9.17, 15) is 0 Å². The summed E-state index contributed by atoms with van der Waals surface area (Å²) in [6.07, 6.45) is 2.46. The summed E-state index contributed by atoms with van der Waals surface area (Å²) < 4.78 is 5.88. The van der Waals surface area contributed by atoms with Gasteiger partial charge in [-0.1, -0.05) is 13.8 Å². The van der Waals surface area contributed by atoms with E-state index in [4.69, 9.17) is 9.73 Å². The first-order valence-electron chi connectivity index (χ1n) is 9.02. The van der Waals surface area contributed by atoms with Crippen molar-refractivity contribution in [1.82, 2.24) is 15.6 Å². The molecule has 6 heteroatoms. The molecular formula is C18H30N4OS. The van der Waals surface area contributed by atoms with Gasteiger partial charge in [-0.3, -0.25) is 4.99 Å². The zero-order chi connectivity index (χ0) is 17.3. The second-order valence-electron chi connectivity index (χ2n) is 7.45. The highest BCUT2D eigenvalue weighted by atomic mass is 32.1. The average Bonchev–Trinajstić information content (AvgIpc) is 3.10. The molecule has 2 N–H and O–H groups in total. The topological polar surface area (TPSA) is 58.5 Å². The van der Waals surface area contributed by atoms with Crippen LogP contribution in [0, 0.1) is 25.2 Å². The molecule has 2 aliphatic rings. The fourth-order valence-electron chi connectivity index (χ4n) is 3.99. The van der Waals surface area contributed by atoms with E-state index >= 15 is 0 Å². The van der Waals surface area contributed by atoms with Crippen molar-refractivity contribution in [2.75, 3.05) is 19.7 Å². The first-order chi connectivity index (χ1) is 11.4. The highest BCUT2D eigenvalue weighted by molar-refractivity contribution is 7.11. The maximum Gasteiger partial charge on any atom is 0.191 e. The van der Waals surface area contributed by atoms with Crippen molar-refractivity contribution in [2.24, 2.45) is 16.3 Å². The summed E-state index contributed by atoms with van der Waals surface area (Å²) in [6.45, 7) is 13.4. The molecule has 1 aliphatic heterocycles. The third-order valence-electron chi connectivity index (χ3n) is 5.41. The second-order valence-corrected chi connectivity index (χ2v) is 8.73. The second kappa shape index (κ2) is 7.00. The molecule has 1 saturated carbocycles. The number of nitrogens with zero attached hydrogens (tertiary/aromatic N) is 2. The minimum Gasteiger partial charge on any atom is -0.377 e. The summed E-state index contributed by atoms with van der Waals surface area (Å²) in [5.74, 6) is 1.54. The van der Waals surface area contributed by atoms with Crippen LogP contribution in [-0.4, -0.2) is 42.8 Å². The van der Waals surface area contributed by atoms with Crippen LogP contribution in [0.15, 0.2) is 4.99 Å². The number of rotatable bonds is 5. The van der Waals surface area contributed by atoms with Gasteiger partial charge in [0.15, 0.2) is 5.96 Å². The molecule has 5 nitrogen and oxygen atoms in total. The molecule has 3 rings (SSSR count). The standard InChI is InChI=1S/C18H30N4OS/c1-6-19-17(20-9-7-14-21-11(2)12(3)24-14)22-15-13-8-10-23-16(13)18(15,4)5/h13,15-16H,6-10H2,1-5H3,(H2,19,20,22). The van der Waals surface area contributed by atoms with Gasteiger partial charge in [0.25, 0.3) is 0 Å². The minimum absolute atomic E-state index is 0.168. The Balaban J connectivity index is 1.59. The molecule has 0 aromatic carbocycles. The van der Waals surface area contributed by atoms with E-state index in [0.717, 1.165) is 44.2 Å². The zero-order valence-electron chi connectivity index (χ0n) is 15.5. The Morgan fingerprint density at radius 2 is 2.21 bits per heavy atom. The third-order valence-corrected chi connectivity index (χ3v) is 6.54. The number of aliphatic imine (C=N–C) groups is 1. The maximum atomic E-state index is 5.88. The van der Waals surface area contributed by atoms with Crippen LogP contribution in [0.1, 0.15) is 42.8 Å². The molecule has 24 heavy (non-hydrogen) atoms. The zero-order valence-corrected chi connectivity index (χ0v) is 16.3. The van der Waals surface area contributed by atoms with Crippen molar-refractivity contribution in [1.29, 1.82) is 0 Å². The fraction of sp³-hybridized carbons (Fsp3) is 0.778. The molecule has 1 saturated heterocycles. The highest BCUT2D eigenvalue weighted by Crippen LogP contribution is 2.52. The molecule has 1 aliphatic carbocycles. The summed E-state index contributed by atoms with van der Waals surface area (Å²) in [5, 5.41) is 8.22. The highest BCUT2D eigenvalue weighted by Gasteiger charge is 2.59. The molecule has 2 heterocycles. The van der Waals surface area contributed by atoms with Crippen molar-refractivity contribution in [3.05, 3.63) is 15.6 Å². The third kappa shape index (κ3) is 3.31. The average molecular weight is 351 g/mol. The van der Waals surface area contributed by atoms with Crippen molar-refractivity contribution in [2.45, 2.75) is 59.6 Å². The molecular weight excluding hydrogens is 320 g/mol. The number of nitrogens with one attached hydrogen (secondary N) is 2. The van der Waals surface area contributed by atoms with Gasteiger partial charge < -0.3 is 15.4 Å². The Labute approximate surface area is 149 Å². The maximum absolute atomic E-state index is 5.88. The van der Waals surface area contributed by atoms with Crippen LogP contribution in [0.4, 0.5) is 0 Å². The summed E-state index contributed by atoms with van der Waals surface area (Å²) in [4.78, 5) is 10.7. The number of aryl methyl sites for hydroxylation is 2. The molecule has 0 amide bonds. The van der Waals surface area contributed by atoms with Crippen LogP contribution in [0.25, 0.3) is 0 Å². The van der Waals surface area contributed by atoms with Crippen LogP contribution in [-0.2, 0) is 11.2 Å². The van der Waals surface area contributed by atoms with Crippen LogP contribution >= 0.6 is 11.3 Å². The number of aromatic nitrogens is 1. The summed E-state index contributed by atoms with van der Waals surface area (Å²) in [7, 11) is 0. The quantitative estimate of drug-likeness (QED) is 0.633. The Morgan fingerprint density at radius 3 is 2.88 bits per heavy atom. The Morgan fingerprint density at radius 1 is 1.42 bits per heavy atom. The van der Waals surface area contributed by atoms with Crippen molar-refractivity contribution < 1.29 is 4.74 Å². The van der Waals surface area contributed by atoms with E-state index in [1.54, 1.807) is 11.3 Å². The predicted molar refractivity (Wildman–Crippen MR) is 99.8 cm³/mol. The molecule has 0 spiro atoms. The lowest BCUT2D eigenvalue weighted by Gasteiger charge is -2.54. The molecule has 0 bridgehead atoms. The number of guanidine groups is 1. The molecule has 2 fully saturated rings. The molecule has 0 radical (unpaired) electrons. The van der Waals surface area contributed by atoms with Gasteiger partial charge in [-0.05, 0) is 27.2 Å². The first kappa shape index (κ1) is 17.7. The molecule has 1 aromatic heterocycles.